The summed E-state index contributed by atoms with van der Waals surface area (Å²) in [4.78, 5) is 11.1. The highest BCUT2D eigenvalue weighted by Gasteiger charge is 2.26. The standard InChI is InChI=1S/C9H9NO3/c11-7-3-1-6(2-4-7)8-9(12)13-5-10-8/h1-4,8,10-11H,5H2. The molecule has 1 aromatic rings. The van der Waals surface area contributed by atoms with Crippen LogP contribution in [0.4, 0.5) is 0 Å². The number of rotatable bonds is 1. The van der Waals surface area contributed by atoms with Crippen molar-refractivity contribution in [2.75, 3.05) is 6.73 Å². The number of cyclic esters (lactones) is 1. The van der Waals surface area contributed by atoms with Gasteiger partial charge in [-0.1, -0.05) is 12.1 Å². The number of carbonyl (C=O) groups excluding carboxylic acids is 1. The fourth-order valence-electron chi connectivity index (χ4n) is 1.28. The first-order valence-corrected chi connectivity index (χ1v) is 3.96. The van der Waals surface area contributed by atoms with E-state index in [4.69, 9.17) is 9.84 Å². The number of benzene rings is 1. The molecule has 0 amide bonds. The average molecular weight is 179 g/mol. The van der Waals surface area contributed by atoms with Crippen molar-refractivity contribution >= 4 is 5.97 Å². The van der Waals surface area contributed by atoms with Crippen molar-refractivity contribution in [1.82, 2.24) is 5.32 Å². The minimum Gasteiger partial charge on any atom is -0.508 e. The molecule has 1 heterocycles. The second kappa shape index (κ2) is 3.06. The molecule has 0 saturated carbocycles. The van der Waals surface area contributed by atoms with Crippen LogP contribution in [-0.2, 0) is 9.53 Å². The van der Waals surface area contributed by atoms with Gasteiger partial charge in [-0.25, -0.2) is 4.79 Å². The zero-order chi connectivity index (χ0) is 9.26. The maximum atomic E-state index is 11.1. The van der Waals surface area contributed by atoms with E-state index < -0.39 is 0 Å². The van der Waals surface area contributed by atoms with E-state index in [0.717, 1.165) is 5.56 Å². The highest BCUT2D eigenvalue weighted by Crippen LogP contribution is 2.20. The van der Waals surface area contributed by atoms with Crippen LogP contribution in [0.2, 0.25) is 0 Å². The maximum absolute atomic E-state index is 11.1. The Morgan fingerprint density at radius 2 is 2.08 bits per heavy atom. The van der Waals surface area contributed by atoms with Crippen LogP contribution >= 0.6 is 0 Å². The third kappa shape index (κ3) is 1.48. The average Bonchev–Trinajstić information content (AvgIpc) is 2.53. The SMILES string of the molecule is O=C1OCNC1c1ccc(O)cc1. The predicted octanol–water partition coefficient (Wildman–Crippen LogP) is 0.537. The van der Waals surface area contributed by atoms with Crippen LogP contribution in [0.1, 0.15) is 11.6 Å². The topological polar surface area (TPSA) is 58.6 Å². The summed E-state index contributed by atoms with van der Waals surface area (Å²) in [5, 5.41) is 11.9. The lowest BCUT2D eigenvalue weighted by Crippen LogP contribution is -2.17. The normalized spacial score (nSPS) is 21.5. The van der Waals surface area contributed by atoms with E-state index in [-0.39, 0.29) is 24.5 Å². The Labute approximate surface area is 75.1 Å². The third-order valence-corrected chi connectivity index (χ3v) is 1.96. The van der Waals surface area contributed by atoms with Gasteiger partial charge in [0, 0.05) is 0 Å². The van der Waals surface area contributed by atoms with Gasteiger partial charge in [0.25, 0.3) is 0 Å². The second-order valence-corrected chi connectivity index (χ2v) is 2.84. The van der Waals surface area contributed by atoms with Gasteiger partial charge in [0.2, 0.25) is 0 Å². The maximum Gasteiger partial charge on any atom is 0.329 e. The smallest absolute Gasteiger partial charge is 0.329 e. The fourth-order valence-corrected chi connectivity index (χ4v) is 1.28. The summed E-state index contributed by atoms with van der Waals surface area (Å²) in [5.74, 6) is -0.0826. The Hall–Kier alpha value is -1.55. The third-order valence-electron chi connectivity index (χ3n) is 1.96. The van der Waals surface area contributed by atoms with Crippen molar-refractivity contribution in [3.05, 3.63) is 29.8 Å². The highest BCUT2D eigenvalue weighted by molar-refractivity contribution is 5.79. The molecule has 1 fully saturated rings. The number of aromatic hydroxyl groups is 1. The largest absolute Gasteiger partial charge is 0.508 e. The lowest BCUT2D eigenvalue weighted by Gasteiger charge is -2.05. The molecule has 0 bridgehead atoms. The summed E-state index contributed by atoms with van der Waals surface area (Å²) in [7, 11) is 0. The Kier molecular flexibility index (Phi) is 1.90. The van der Waals surface area contributed by atoms with Crippen LogP contribution < -0.4 is 5.32 Å². The Bertz CT molecular complexity index is 320. The molecule has 0 aromatic heterocycles. The number of esters is 1. The molecular weight excluding hydrogens is 170 g/mol. The van der Waals surface area contributed by atoms with Crippen LogP contribution in [0.25, 0.3) is 0 Å². The van der Waals surface area contributed by atoms with Gasteiger partial charge in [-0.2, -0.15) is 0 Å². The first-order valence-electron chi connectivity index (χ1n) is 3.96. The molecule has 0 spiro atoms. The molecule has 0 radical (unpaired) electrons. The van der Waals surface area contributed by atoms with Crippen LogP contribution in [0.5, 0.6) is 5.75 Å². The van der Waals surface area contributed by atoms with E-state index in [1.807, 2.05) is 0 Å². The van der Waals surface area contributed by atoms with Gasteiger partial charge in [-0.3, -0.25) is 5.32 Å². The Balaban J connectivity index is 2.25. The fraction of sp³-hybridized carbons (Fsp3) is 0.222. The molecule has 2 rings (SSSR count). The minimum atomic E-state index is -0.388. The first kappa shape index (κ1) is 8.07. The zero-order valence-electron chi connectivity index (χ0n) is 6.86. The Morgan fingerprint density at radius 1 is 1.38 bits per heavy atom. The number of hydrogen-bond donors (Lipinski definition) is 2. The molecular formula is C9H9NO3. The molecule has 1 aliphatic heterocycles. The lowest BCUT2D eigenvalue weighted by molar-refractivity contribution is -0.139. The molecule has 4 heteroatoms. The van der Waals surface area contributed by atoms with Crippen molar-refractivity contribution in [1.29, 1.82) is 0 Å². The van der Waals surface area contributed by atoms with E-state index in [2.05, 4.69) is 5.32 Å². The van der Waals surface area contributed by atoms with Crippen molar-refractivity contribution in [3.63, 3.8) is 0 Å². The van der Waals surface area contributed by atoms with Gasteiger partial charge in [-0.15, -0.1) is 0 Å². The number of phenolic OH excluding ortho intramolecular Hbond substituents is 1. The molecule has 1 aromatic carbocycles. The number of hydrogen-bond acceptors (Lipinski definition) is 4. The highest BCUT2D eigenvalue weighted by atomic mass is 16.6. The van der Waals surface area contributed by atoms with Gasteiger partial charge in [0.1, 0.15) is 18.5 Å². The number of nitrogens with one attached hydrogen (secondary N) is 1. The van der Waals surface area contributed by atoms with E-state index in [1.165, 1.54) is 0 Å². The van der Waals surface area contributed by atoms with Crippen molar-refractivity contribution in [2.45, 2.75) is 6.04 Å². The molecule has 1 atom stereocenters. The first-order chi connectivity index (χ1) is 6.27. The molecule has 68 valence electrons. The molecule has 1 unspecified atom stereocenters. The molecule has 0 aliphatic carbocycles. The monoisotopic (exact) mass is 179 g/mol. The van der Waals surface area contributed by atoms with Gasteiger partial charge < -0.3 is 9.84 Å². The van der Waals surface area contributed by atoms with Crippen molar-refractivity contribution in [3.8, 4) is 5.75 Å². The number of phenols is 1. The van der Waals surface area contributed by atoms with Crippen LogP contribution in [0.3, 0.4) is 0 Å². The van der Waals surface area contributed by atoms with Gasteiger partial charge >= 0.3 is 5.97 Å². The summed E-state index contributed by atoms with van der Waals surface area (Å²) >= 11 is 0. The summed E-state index contributed by atoms with van der Waals surface area (Å²) in [6, 6.07) is 6.09. The summed E-state index contributed by atoms with van der Waals surface area (Å²) < 4.78 is 4.74. The van der Waals surface area contributed by atoms with E-state index in [9.17, 15) is 4.79 Å². The van der Waals surface area contributed by atoms with Gasteiger partial charge in [-0.05, 0) is 17.7 Å². The predicted molar refractivity (Wildman–Crippen MR) is 44.9 cm³/mol. The van der Waals surface area contributed by atoms with Crippen LogP contribution in [0, 0.1) is 0 Å². The van der Waals surface area contributed by atoms with E-state index in [0.29, 0.717) is 0 Å². The lowest BCUT2D eigenvalue weighted by atomic mass is 10.1. The molecule has 13 heavy (non-hydrogen) atoms. The second-order valence-electron chi connectivity index (χ2n) is 2.84. The van der Waals surface area contributed by atoms with Crippen molar-refractivity contribution in [2.24, 2.45) is 0 Å². The van der Waals surface area contributed by atoms with Crippen LogP contribution in [0.15, 0.2) is 24.3 Å². The van der Waals surface area contributed by atoms with E-state index in [1.54, 1.807) is 24.3 Å². The summed E-state index contributed by atoms with van der Waals surface area (Å²) in [6.45, 7) is 0.254. The molecule has 4 nitrogen and oxygen atoms in total. The minimum absolute atomic E-state index is 0.190. The molecule has 1 saturated heterocycles. The molecule has 2 N–H and O–H groups in total. The van der Waals surface area contributed by atoms with E-state index >= 15 is 0 Å². The van der Waals surface area contributed by atoms with Crippen molar-refractivity contribution < 1.29 is 14.6 Å². The Morgan fingerprint density at radius 3 is 2.62 bits per heavy atom. The van der Waals surface area contributed by atoms with Gasteiger partial charge in [0.15, 0.2) is 0 Å². The summed E-state index contributed by atoms with van der Waals surface area (Å²) in [5.41, 5.74) is 0.806. The molecule has 1 aliphatic rings. The number of carbonyl (C=O) groups is 1. The number of ether oxygens (including phenoxy) is 1. The quantitative estimate of drug-likeness (QED) is 0.617. The van der Waals surface area contributed by atoms with Crippen LogP contribution in [-0.4, -0.2) is 17.8 Å². The van der Waals surface area contributed by atoms with Gasteiger partial charge in [0.05, 0.1) is 0 Å². The zero-order valence-corrected chi connectivity index (χ0v) is 6.86. The summed E-state index contributed by atoms with van der Waals surface area (Å²) in [6.07, 6.45) is 0.